The molecule has 1 amide bonds. The van der Waals surface area contributed by atoms with Crippen LogP contribution in [0.25, 0.3) is 0 Å². The maximum absolute atomic E-state index is 13.1. The van der Waals surface area contributed by atoms with E-state index in [-0.39, 0.29) is 5.75 Å². The Morgan fingerprint density at radius 1 is 1.36 bits per heavy atom. The molecule has 0 aliphatic heterocycles. The largest absolute Gasteiger partial charge is 0.497 e. The molecule has 0 aliphatic carbocycles. The van der Waals surface area contributed by atoms with Crippen molar-refractivity contribution < 1.29 is 18.3 Å². The Morgan fingerprint density at radius 3 is 2.21 bits per heavy atom. The fourth-order valence-corrected chi connectivity index (χ4v) is 0.963. The second kappa shape index (κ2) is 4.04. The first kappa shape index (κ1) is 10.4. The molecule has 1 N–H and O–H groups in total. The van der Waals surface area contributed by atoms with Gasteiger partial charge >= 0.3 is 0 Å². The molecule has 0 saturated heterocycles. The molecule has 0 fully saturated rings. The van der Waals surface area contributed by atoms with Crippen molar-refractivity contribution >= 4 is 11.6 Å². The molecule has 14 heavy (non-hydrogen) atoms. The third kappa shape index (κ3) is 2.18. The first-order chi connectivity index (χ1) is 6.54. The average Bonchev–Trinajstić information content (AvgIpc) is 2.10. The molecule has 0 radical (unpaired) electrons. The van der Waals surface area contributed by atoms with E-state index in [2.05, 4.69) is 4.74 Å². The summed E-state index contributed by atoms with van der Waals surface area (Å²) in [7, 11) is 1.30. The summed E-state index contributed by atoms with van der Waals surface area (Å²) in [5, 5.41) is 2.05. The number of methoxy groups -OCH3 is 1. The van der Waals surface area contributed by atoms with Crippen LogP contribution in [0.15, 0.2) is 12.1 Å². The highest BCUT2D eigenvalue weighted by atomic mass is 19.1. The third-order valence-corrected chi connectivity index (χ3v) is 1.55. The summed E-state index contributed by atoms with van der Waals surface area (Å²) in [5.41, 5.74) is -0.460. The number of amides is 1. The zero-order valence-corrected chi connectivity index (χ0v) is 7.73. The molecule has 3 nitrogen and oxygen atoms in total. The van der Waals surface area contributed by atoms with Crippen LogP contribution in [0.1, 0.15) is 6.92 Å². The number of benzene rings is 1. The van der Waals surface area contributed by atoms with Gasteiger partial charge in [0.05, 0.1) is 7.11 Å². The molecule has 0 atom stereocenters. The SMILES string of the molecule is COc1cc(F)c(NC(C)=O)c(F)c1. The topological polar surface area (TPSA) is 38.3 Å². The van der Waals surface area contributed by atoms with Gasteiger partial charge in [-0.2, -0.15) is 0 Å². The molecular weight excluding hydrogens is 192 g/mol. The van der Waals surface area contributed by atoms with Crippen LogP contribution in [-0.2, 0) is 4.79 Å². The Bertz CT molecular complexity index is 343. The van der Waals surface area contributed by atoms with E-state index in [1.165, 1.54) is 14.0 Å². The number of halogens is 2. The highest BCUT2D eigenvalue weighted by Gasteiger charge is 2.12. The molecule has 0 aromatic heterocycles. The van der Waals surface area contributed by atoms with E-state index in [4.69, 9.17) is 0 Å². The van der Waals surface area contributed by atoms with E-state index >= 15 is 0 Å². The van der Waals surface area contributed by atoms with Crippen molar-refractivity contribution in [3.63, 3.8) is 0 Å². The number of carbonyl (C=O) groups excluding carboxylic acids is 1. The van der Waals surface area contributed by atoms with Crippen molar-refractivity contribution in [3.05, 3.63) is 23.8 Å². The zero-order valence-electron chi connectivity index (χ0n) is 7.73. The first-order valence-electron chi connectivity index (χ1n) is 3.85. The summed E-state index contributed by atoms with van der Waals surface area (Å²) >= 11 is 0. The van der Waals surface area contributed by atoms with Gasteiger partial charge in [-0.1, -0.05) is 0 Å². The van der Waals surface area contributed by atoms with Crippen LogP contribution in [0.3, 0.4) is 0 Å². The summed E-state index contributed by atoms with van der Waals surface area (Å²) in [5.74, 6) is -2.20. The molecule has 1 rings (SSSR count). The minimum absolute atomic E-state index is 0.0640. The van der Waals surface area contributed by atoms with Gasteiger partial charge in [-0.3, -0.25) is 4.79 Å². The van der Waals surface area contributed by atoms with Crippen molar-refractivity contribution in [2.75, 3.05) is 12.4 Å². The smallest absolute Gasteiger partial charge is 0.221 e. The quantitative estimate of drug-likeness (QED) is 0.793. The van der Waals surface area contributed by atoms with Gasteiger partial charge < -0.3 is 10.1 Å². The van der Waals surface area contributed by atoms with Gasteiger partial charge in [-0.15, -0.1) is 0 Å². The Morgan fingerprint density at radius 2 is 1.86 bits per heavy atom. The second-order valence-electron chi connectivity index (χ2n) is 2.65. The van der Waals surface area contributed by atoms with Gasteiger partial charge in [0.15, 0.2) is 11.6 Å². The van der Waals surface area contributed by atoms with Crippen LogP contribution < -0.4 is 10.1 Å². The van der Waals surface area contributed by atoms with Crippen LogP contribution >= 0.6 is 0 Å². The molecule has 76 valence electrons. The van der Waals surface area contributed by atoms with E-state index in [1.54, 1.807) is 0 Å². The van der Waals surface area contributed by atoms with Gasteiger partial charge in [0.1, 0.15) is 11.4 Å². The van der Waals surface area contributed by atoms with Crippen LogP contribution in [0.4, 0.5) is 14.5 Å². The summed E-state index contributed by atoms with van der Waals surface area (Å²) < 4.78 is 30.9. The number of ether oxygens (including phenoxy) is 1. The average molecular weight is 201 g/mol. The molecule has 1 aromatic carbocycles. The fourth-order valence-electron chi connectivity index (χ4n) is 0.963. The summed E-state index contributed by atoms with van der Waals surface area (Å²) in [6, 6.07) is 1.99. The summed E-state index contributed by atoms with van der Waals surface area (Å²) in [6.45, 7) is 1.17. The fraction of sp³-hybridized carbons (Fsp3) is 0.222. The molecule has 0 spiro atoms. The van der Waals surface area contributed by atoms with E-state index in [9.17, 15) is 13.6 Å². The normalized spacial score (nSPS) is 9.71. The van der Waals surface area contributed by atoms with Crippen LogP contribution in [0.2, 0.25) is 0 Å². The Hall–Kier alpha value is -1.65. The van der Waals surface area contributed by atoms with E-state index in [1.807, 2.05) is 5.32 Å². The van der Waals surface area contributed by atoms with Crippen LogP contribution in [0, 0.1) is 11.6 Å². The first-order valence-corrected chi connectivity index (χ1v) is 3.85. The lowest BCUT2D eigenvalue weighted by atomic mass is 10.2. The Labute approximate surface area is 79.7 Å². The van der Waals surface area contributed by atoms with Crippen LogP contribution in [-0.4, -0.2) is 13.0 Å². The van der Waals surface area contributed by atoms with Crippen molar-refractivity contribution in [2.45, 2.75) is 6.92 Å². The van der Waals surface area contributed by atoms with Crippen molar-refractivity contribution in [2.24, 2.45) is 0 Å². The number of hydrogen-bond donors (Lipinski definition) is 1. The predicted molar refractivity (Wildman–Crippen MR) is 47.2 cm³/mol. The number of anilines is 1. The molecule has 0 saturated carbocycles. The maximum atomic E-state index is 13.1. The van der Waals surface area contributed by atoms with Crippen molar-refractivity contribution in [3.8, 4) is 5.75 Å². The summed E-state index contributed by atoms with van der Waals surface area (Å²) in [6.07, 6.45) is 0. The minimum Gasteiger partial charge on any atom is -0.497 e. The number of hydrogen-bond acceptors (Lipinski definition) is 2. The second-order valence-corrected chi connectivity index (χ2v) is 2.65. The Balaban J connectivity index is 3.11. The molecule has 0 heterocycles. The van der Waals surface area contributed by atoms with Gasteiger partial charge in [0.25, 0.3) is 0 Å². The van der Waals surface area contributed by atoms with E-state index in [0.29, 0.717) is 0 Å². The lowest BCUT2D eigenvalue weighted by Crippen LogP contribution is -2.09. The number of rotatable bonds is 2. The highest BCUT2D eigenvalue weighted by molar-refractivity contribution is 5.89. The van der Waals surface area contributed by atoms with Gasteiger partial charge in [0, 0.05) is 19.1 Å². The Kier molecular flexibility index (Phi) is 3.01. The number of nitrogens with one attached hydrogen (secondary N) is 1. The number of carbonyl (C=O) groups is 1. The third-order valence-electron chi connectivity index (χ3n) is 1.55. The summed E-state index contributed by atoms with van der Waals surface area (Å²) in [4.78, 5) is 10.6. The van der Waals surface area contributed by atoms with Crippen molar-refractivity contribution in [1.29, 1.82) is 0 Å². The van der Waals surface area contributed by atoms with E-state index < -0.39 is 23.2 Å². The van der Waals surface area contributed by atoms with E-state index in [0.717, 1.165) is 12.1 Å². The highest BCUT2D eigenvalue weighted by Crippen LogP contribution is 2.24. The molecule has 0 bridgehead atoms. The van der Waals surface area contributed by atoms with Gasteiger partial charge in [-0.25, -0.2) is 8.78 Å². The standard InChI is InChI=1S/C9H9F2NO2/c1-5(13)12-9-7(10)3-6(14-2)4-8(9)11/h3-4H,1-2H3,(H,12,13). The predicted octanol–water partition coefficient (Wildman–Crippen LogP) is 1.93. The van der Waals surface area contributed by atoms with Gasteiger partial charge in [0.2, 0.25) is 5.91 Å². The lowest BCUT2D eigenvalue weighted by molar-refractivity contribution is -0.114. The molecule has 5 heteroatoms. The maximum Gasteiger partial charge on any atom is 0.221 e. The van der Waals surface area contributed by atoms with Crippen LogP contribution in [0.5, 0.6) is 5.75 Å². The lowest BCUT2D eigenvalue weighted by Gasteiger charge is -2.07. The molecule has 0 unspecified atom stereocenters. The molecular formula is C9H9F2NO2. The molecule has 0 aliphatic rings. The van der Waals surface area contributed by atoms with Gasteiger partial charge in [-0.05, 0) is 0 Å². The van der Waals surface area contributed by atoms with Crippen molar-refractivity contribution in [1.82, 2.24) is 0 Å². The zero-order chi connectivity index (χ0) is 10.7. The minimum atomic E-state index is -0.864. The molecule has 1 aromatic rings. The monoisotopic (exact) mass is 201 g/mol.